The first-order valence-corrected chi connectivity index (χ1v) is 14.6. The zero-order valence-electron chi connectivity index (χ0n) is 25.1. The Morgan fingerprint density at radius 3 is 1.60 bits per heavy atom. The number of rotatable bonds is 9. The van der Waals surface area contributed by atoms with Crippen LogP contribution in [-0.4, -0.2) is 0 Å². The van der Waals surface area contributed by atoms with Gasteiger partial charge in [-0.1, -0.05) is 96.1 Å². The predicted octanol–water partition coefficient (Wildman–Crippen LogP) is 11.5. The molecule has 0 amide bonds. The lowest BCUT2D eigenvalue weighted by molar-refractivity contribution is -0.139. The van der Waals surface area contributed by atoms with Crippen LogP contribution in [0.2, 0.25) is 0 Å². The summed E-state index contributed by atoms with van der Waals surface area (Å²) in [6.07, 6.45) is -4.03. The molecule has 42 heavy (non-hydrogen) atoms. The third-order valence-corrected chi connectivity index (χ3v) is 8.06. The van der Waals surface area contributed by atoms with Crippen molar-refractivity contribution in [3.63, 3.8) is 0 Å². The van der Waals surface area contributed by atoms with E-state index in [0.717, 1.165) is 16.7 Å². The fourth-order valence-electron chi connectivity index (χ4n) is 6.26. The minimum Gasteiger partial charge on any atom is -0.207 e. The van der Waals surface area contributed by atoms with E-state index in [-0.39, 0.29) is 41.1 Å². The van der Waals surface area contributed by atoms with Crippen molar-refractivity contribution in [3.8, 4) is 11.1 Å². The molecule has 222 valence electrons. The summed E-state index contributed by atoms with van der Waals surface area (Å²) >= 11 is 0. The van der Waals surface area contributed by atoms with Crippen LogP contribution in [0.3, 0.4) is 0 Å². The SMILES string of the molecule is CC(C)c1c(Cc2ccccc2)c(C(F)(F)F)c(C(C)C)c(C(Cc2ccc(F)cc2)C(C)C)c1-c1ccc(F)cc1. The van der Waals surface area contributed by atoms with Crippen molar-refractivity contribution in [2.24, 2.45) is 5.92 Å². The summed E-state index contributed by atoms with van der Waals surface area (Å²) in [5.41, 5.74) is 4.41. The highest BCUT2D eigenvalue weighted by atomic mass is 19.4. The molecule has 0 spiro atoms. The van der Waals surface area contributed by atoms with Crippen molar-refractivity contribution in [1.29, 1.82) is 0 Å². The van der Waals surface area contributed by atoms with Gasteiger partial charge in [-0.15, -0.1) is 0 Å². The molecule has 0 aromatic heterocycles. The third-order valence-electron chi connectivity index (χ3n) is 8.06. The lowest BCUT2D eigenvalue weighted by Gasteiger charge is -2.35. The Morgan fingerprint density at radius 1 is 0.595 bits per heavy atom. The second kappa shape index (κ2) is 12.8. The van der Waals surface area contributed by atoms with Crippen molar-refractivity contribution in [2.75, 3.05) is 0 Å². The van der Waals surface area contributed by atoms with E-state index in [1.54, 1.807) is 24.3 Å². The number of benzene rings is 4. The average Bonchev–Trinajstić information content (AvgIpc) is 2.92. The van der Waals surface area contributed by atoms with Gasteiger partial charge in [0.1, 0.15) is 11.6 Å². The topological polar surface area (TPSA) is 0 Å². The second-order valence-corrected chi connectivity index (χ2v) is 12.1. The van der Waals surface area contributed by atoms with Gasteiger partial charge in [-0.3, -0.25) is 0 Å². The average molecular weight is 579 g/mol. The van der Waals surface area contributed by atoms with Crippen LogP contribution in [0.1, 0.15) is 98.2 Å². The summed E-state index contributed by atoms with van der Waals surface area (Å²) in [5, 5.41) is 0. The molecule has 4 aromatic rings. The maximum absolute atomic E-state index is 15.4. The molecule has 0 bridgehead atoms. The molecule has 0 saturated carbocycles. The first kappa shape index (κ1) is 31.5. The molecule has 0 N–H and O–H groups in total. The van der Waals surface area contributed by atoms with Gasteiger partial charge in [0.15, 0.2) is 0 Å². The minimum atomic E-state index is -4.60. The van der Waals surface area contributed by atoms with Gasteiger partial charge >= 0.3 is 6.18 Å². The maximum Gasteiger partial charge on any atom is 0.416 e. The molecule has 1 unspecified atom stereocenters. The highest BCUT2D eigenvalue weighted by molar-refractivity contribution is 5.78. The van der Waals surface area contributed by atoms with Gasteiger partial charge in [0, 0.05) is 0 Å². The lowest BCUT2D eigenvalue weighted by atomic mass is 9.69. The fraction of sp³-hybridized carbons (Fsp3) is 0.351. The Labute approximate surface area is 246 Å². The van der Waals surface area contributed by atoms with E-state index in [4.69, 9.17) is 0 Å². The van der Waals surface area contributed by atoms with Crippen molar-refractivity contribution >= 4 is 0 Å². The standard InChI is InChI=1S/C37H39F5/c1-22(2)30(20-26-12-16-28(38)17-13-26)35-33(24(5)6)36(37(40,41)42)31(21-25-10-8-7-9-11-25)32(23(3)4)34(35)27-14-18-29(39)19-15-27/h7-19,22-24,30H,20-21H2,1-6H3. The molecule has 0 aliphatic heterocycles. The Morgan fingerprint density at radius 2 is 1.12 bits per heavy atom. The Kier molecular flexibility index (Phi) is 9.60. The van der Waals surface area contributed by atoms with Gasteiger partial charge in [0.2, 0.25) is 0 Å². The van der Waals surface area contributed by atoms with Gasteiger partial charge in [0.25, 0.3) is 0 Å². The van der Waals surface area contributed by atoms with Crippen LogP contribution < -0.4 is 0 Å². The second-order valence-electron chi connectivity index (χ2n) is 12.1. The van der Waals surface area contributed by atoms with Crippen LogP contribution in [0.25, 0.3) is 11.1 Å². The largest absolute Gasteiger partial charge is 0.416 e. The first-order chi connectivity index (χ1) is 19.8. The molecule has 4 aromatic carbocycles. The molecule has 0 saturated heterocycles. The van der Waals surface area contributed by atoms with Gasteiger partial charge in [-0.05, 0) is 105 Å². The molecule has 5 heteroatoms. The maximum atomic E-state index is 15.4. The minimum absolute atomic E-state index is 0.0344. The van der Waals surface area contributed by atoms with E-state index in [1.807, 2.05) is 71.9 Å². The molecule has 0 aliphatic rings. The molecule has 0 heterocycles. The fourth-order valence-corrected chi connectivity index (χ4v) is 6.26. The van der Waals surface area contributed by atoms with Crippen LogP contribution in [0.15, 0.2) is 78.9 Å². The van der Waals surface area contributed by atoms with Crippen LogP contribution in [0.5, 0.6) is 0 Å². The molecule has 0 radical (unpaired) electrons. The predicted molar refractivity (Wildman–Crippen MR) is 162 cm³/mol. The molecule has 0 fully saturated rings. The molecular formula is C37H39F5. The van der Waals surface area contributed by atoms with E-state index < -0.39 is 23.5 Å². The highest BCUT2D eigenvalue weighted by Crippen LogP contribution is 2.51. The van der Waals surface area contributed by atoms with Crippen LogP contribution >= 0.6 is 0 Å². The van der Waals surface area contributed by atoms with Gasteiger partial charge < -0.3 is 0 Å². The number of alkyl halides is 3. The summed E-state index contributed by atoms with van der Waals surface area (Å²) in [7, 11) is 0. The first-order valence-electron chi connectivity index (χ1n) is 14.6. The van der Waals surface area contributed by atoms with E-state index in [1.165, 1.54) is 24.3 Å². The molecular weight excluding hydrogens is 539 g/mol. The van der Waals surface area contributed by atoms with Crippen LogP contribution in [0, 0.1) is 17.6 Å². The summed E-state index contributed by atoms with van der Waals surface area (Å²) in [6.45, 7) is 11.5. The number of hydrogen-bond acceptors (Lipinski definition) is 0. The van der Waals surface area contributed by atoms with Gasteiger partial charge in [-0.25, -0.2) is 8.78 Å². The zero-order chi connectivity index (χ0) is 30.8. The molecule has 0 aliphatic carbocycles. The Hall–Kier alpha value is -3.47. The molecule has 1 atom stereocenters. The third kappa shape index (κ3) is 6.77. The monoisotopic (exact) mass is 578 g/mol. The number of hydrogen-bond donors (Lipinski definition) is 0. The van der Waals surface area contributed by atoms with E-state index in [9.17, 15) is 8.78 Å². The van der Waals surface area contributed by atoms with Crippen molar-refractivity contribution < 1.29 is 22.0 Å². The summed E-state index contributed by atoms with van der Waals surface area (Å²) in [5.74, 6) is -1.80. The highest BCUT2D eigenvalue weighted by Gasteiger charge is 2.42. The van der Waals surface area contributed by atoms with E-state index in [2.05, 4.69) is 0 Å². The van der Waals surface area contributed by atoms with E-state index in [0.29, 0.717) is 23.1 Å². The smallest absolute Gasteiger partial charge is 0.207 e. The van der Waals surface area contributed by atoms with Gasteiger partial charge in [-0.2, -0.15) is 13.2 Å². The van der Waals surface area contributed by atoms with Crippen molar-refractivity contribution in [1.82, 2.24) is 0 Å². The lowest BCUT2D eigenvalue weighted by Crippen LogP contribution is -2.24. The van der Waals surface area contributed by atoms with Crippen molar-refractivity contribution in [2.45, 2.75) is 78.3 Å². The summed E-state index contributed by atoms with van der Waals surface area (Å²) < 4.78 is 74.3. The van der Waals surface area contributed by atoms with E-state index >= 15 is 13.2 Å². The van der Waals surface area contributed by atoms with Gasteiger partial charge in [0.05, 0.1) is 5.56 Å². The zero-order valence-corrected chi connectivity index (χ0v) is 25.1. The van der Waals surface area contributed by atoms with Crippen LogP contribution in [0.4, 0.5) is 22.0 Å². The quantitative estimate of drug-likeness (QED) is 0.173. The summed E-state index contributed by atoms with van der Waals surface area (Å²) in [4.78, 5) is 0. The molecule has 0 nitrogen and oxygen atoms in total. The van der Waals surface area contributed by atoms with Crippen LogP contribution in [-0.2, 0) is 19.0 Å². The number of halogens is 5. The Bertz CT molecular complexity index is 1480. The summed E-state index contributed by atoms with van der Waals surface area (Å²) in [6, 6.07) is 21.5. The molecule has 4 rings (SSSR count). The Balaban J connectivity index is 2.21. The van der Waals surface area contributed by atoms with Crippen molar-refractivity contribution in [3.05, 3.63) is 129 Å². The normalized spacial score (nSPS) is 12.9.